The number of rotatable bonds is 5. The lowest BCUT2D eigenvalue weighted by Gasteiger charge is -2.31. The highest BCUT2D eigenvalue weighted by molar-refractivity contribution is 7.89. The van der Waals surface area contributed by atoms with Gasteiger partial charge in [-0.3, -0.25) is 9.59 Å². The van der Waals surface area contributed by atoms with Crippen molar-refractivity contribution in [2.45, 2.75) is 58.3 Å². The molecule has 2 N–H and O–H groups in total. The van der Waals surface area contributed by atoms with E-state index in [9.17, 15) is 18.0 Å². The molecule has 184 valence electrons. The number of aromatic nitrogens is 1. The van der Waals surface area contributed by atoms with Gasteiger partial charge in [0, 0.05) is 49.2 Å². The van der Waals surface area contributed by atoms with Crippen LogP contribution in [0.25, 0.3) is 0 Å². The van der Waals surface area contributed by atoms with Crippen molar-refractivity contribution in [3.05, 3.63) is 46.3 Å². The summed E-state index contributed by atoms with van der Waals surface area (Å²) in [7, 11) is -3.87. The molecule has 0 atom stereocenters. The fourth-order valence-electron chi connectivity index (χ4n) is 5.01. The van der Waals surface area contributed by atoms with Gasteiger partial charge < -0.3 is 15.2 Å². The van der Waals surface area contributed by atoms with Gasteiger partial charge in [0.05, 0.1) is 5.56 Å². The molecule has 34 heavy (non-hydrogen) atoms. The van der Waals surface area contributed by atoms with Gasteiger partial charge >= 0.3 is 0 Å². The van der Waals surface area contributed by atoms with Crippen LogP contribution in [0.5, 0.6) is 0 Å². The lowest BCUT2D eigenvalue weighted by molar-refractivity contribution is -0.120. The van der Waals surface area contributed by atoms with E-state index in [4.69, 9.17) is 0 Å². The van der Waals surface area contributed by atoms with E-state index in [1.807, 2.05) is 32.0 Å². The number of nitrogens with one attached hydrogen (secondary N) is 2. The molecule has 2 aromatic rings. The second-order valence-electron chi connectivity index (χ2n) is 9.56. The summed E-state index contributed by atoms with van der Waals surface area (Å²) in [6, 6.07) is 5.92. The van der Waals surface area contributed by atoms with Gasteiger partial charge in [0.25, 0.3) is 5.91 Å². The van der Waals surface area contributed by atoms with Crippen molar-refractivity contribution >= 4 is 27.5 Å². The van der Waals surface area contributed by atoms with E-state index in [0.29, 0.717) is 37.3 Å². The van der Waals surface area contributed by atoms with Crippen LogP contribution in [0, 0.1) is 33.6 Å². The summed E-state index contributed by atoms with van der Waals surface area (Å²) >= 11 is 0. The molecule has 0 saturated carbocycles. The Hall–Kier alpha value is -2.65. The number of sulfonamides is 1. The van der Waals surface area contributed by atoms with Crippen molar-refractivity contribution in [2.24, 2.45) is 5.92 Å². The molecule has 3 heterocycles. The van der Waals surface area contributed by atoms with Crippen LogP contribution in [0.4, 0.5) is 5.69 Å². The predicted molar refractivity (Wildman–Crippen MR) is 131 cm³/mol. The van der Waals surface area contributed by atoms with Gasteiger partial charge in [0.1, 0.15) is 4.90 Å². The molecule has 2 amide bonds. The van der Waals surface area contributed by atoms with Crippen molar-refractivity contribution in [3.63, 3.8) is 0 Å². The maximum absolute atomic E-state index is 13.6. The Morgan fingerprint density at radius 2 is 1.62 bits per heavy atom. The third-order valence-electron chi connectivity index (χ3n) is 7.00. The Balaban J connectivity index is 1.49. The minimum absolute atomic E-state index is 0.0793. The molecule has 2 aliphatic rings. The Kier molecular flexibility index (Phi) is 6.87. The van der Waals surface area contributed by atoms with E-state index >= 15 is 0 Å². The number of nitrogens with zero attached hydrogens (tertiary/aromatic N) is 2. The van der Waals surface area contributed by atoms with Crippen LogP contribution in [0.15, 0.2) is 23.1 Å². The second kappa shape index (κ2) is 9.54. The van der Waals surface area contributed by atoms with Crippen molar-refractivity contribution in [1.29, 1.82) is 0 Å². The Labute approximate surface area is 201 Å². The lowest BCUT2D eigenvalue weighted by atomic mass is 9.97. The summed E-state index contributed by atoms with van der Waals surface area (Å²) in [6.45, 7) is 9.18. The number of carbonyl (C=O) groups is 2. The largest absolute Gasteiger partial charge is 0.361 e. The second-order valence-corrected chi connectivity index (χ2v) is 11.4. The molecule has 0 radical (unpaired) electrons. The Morgan fingerprint density at radius 1 is 0.971 bits per heavy atom. The predicted octanol–water partition coefficient (Wildman–Crippen LogP) is 3.52. The monoisotopic (exact) mass is 486 g/mol. The van der Waals surface area contributed by atoms with Gasteiger partial charge in [-0.1, -0.05) is 12.1 Å². The fourth-order valence-corrected chi connectivity index (χ4v) is 6.90. The molecule has 0 aliphatic carbocycles. The number of aryl methyl sites for hydroxylation is 4. The van der Waals surface area contributed by atoms with Crippen LogP contribution in [0.2, 0.25) is 0 Å². The number of H-pyrrole nitrogens is 1. The highest BCUT2D eigenvalue weighted by Gasteiger charge is 2.38. The molecule has 2 saturated heterocycles. The highest BCUT2D eigenvalue weighted by atomic mass is 32.2. The van der Waals surface area contributed by atoms with E-state index in [-0.39, 0.29) is 41.3 Å². The number of carbonyl (C=O) groups excluding carboxylic acids is 2. The molecule has 2 fully saturated rings. The van der Waals surface area contributed by atoms with Crippen molar-refractivity contribution in [2.75, 3.05) is 31.5 Å². The Bertz CT molecular complexity index is 1200. The van der Waals surface area contributed by atoms with Gasteiger partial charge in [0.15, 0.2) is 0 Å². The average Bonchev–Trinajstić information content (AvgIpc) is 3.44. The van der Waals surface area contributed by atoms with E-state index in [1.165, 1.54) is 4.31 Å². The molecule has 0 bridgehead atoms. The minimum Gasteiger partial charge on any atom is -0.361 e. The number of amides is 2. The van der Waals surface area contributed by atoms with E-state index in [1.54, 1.807) is 18.7 Å². The SMILES string of the molecule is Cc1ccc(C)c(NC(=O)C2CCN(S(=O)(=O)c3c(C)[nH]c(C)c3C(=O)N3CCCC3)CC2)c1. The van der Waals surface area contributed by atoms with Crippen molar-refractivity contribution < 1.29 is 18.0 Å². The van der Waals surface area contributed by atoms with Gasteiger partial charge in [0.2, 0.25) is 15.9 Å². The van der Waals surface area contributed by atoms with Crippen LogP contribution < -0.4 is 5.32 Å². The van der Waals surface area contributed by atoms with Crippen LogP contribution >= 0.6 is 0 Å². The summed E-state index contributed by atoms with van der Waals surface area (Å²) < 4.78 is 28.7. The molecule has 1 aromatic carbocycles. The quantitative estimate of drug-likeness (QED) is 0.675. The zero-order valence-corrected chi connectivity index (χ0v) is 21.2. The Morgan fingerprint density at radius 3 is 2.26 bits per heavy atom. The van der Waals surface area contributed by atoms with Crippen molar-refractivity contribution in [3.8, 4) is 0 Å². The van der Waals surface area contributed by atoms with E-state index in [2.05, 4.69) is 10.3 Å². The summed E-state index contributed by atoms with van der Waals surface area (Å²) in [5.74, 6) is -0.559. The standard InChI is InChI=1S/C25H34N4O4S/c1-16-7-8-17(2)21(15-16)27-24(30)20-9-13-29(14-10-20)34(32,33)23-19(4)26-18(3)22(23)25(31)28-11-5-6-12-28/h7-8,15,20,26H,5-6,9-14H2,1-4H3,(H,27,30). The van der Waals surface area contributed by atoms with Crippen LogP contribution in [-0.2, 0) is 14.8 Å². The number of hydrogen-bond donors (Lipinski definition) is 2. The van der Waals surface area contributed by atoms with E-state index < -0.39 is 10.0 Å². The fraction of sp³-hybridized carbons (Fsp3) is 0.520. The van der Waals surface area contributed by atoms with Crippen molar-refractivity contribution in [1.82, 2.24) is 14.2 Å². The maximum atomic E-state index is 13.6. The normalized spacial score (nSPS) is 17.8. The molecular formula is C25H34N4O4S. The first kappa shape index (κ1) is 24.5. The maximum Gasteiger partial charge on any atom is 0.257 e. The van der Waals surface area contributed by atoms with Crippen LogP contribution in [-0.4, -0.2) is 60.6 Å². The highest BCUT2D eigenvalue weighted by Crippen LogP contribution is 2.32. The van der Waals surface area contributed by atoms with Gasteiger partial charge in [-0.05, 0) is 70.6 Å². The summed E-state index contributed by atoms with van der Waals surface area (Å²) in [5, 5.41) is 3.01. The third-order valence-corrected chi connectivity index (χ3v) is 9.07. The zero-order chi connectivity index (χ0) is 24.6. The number of likely N-dealkylation sites (tertiary alicyclic amines) is 1. The number of piperidine rings is 1. The molecule has 2 aliphatic heterocycles. The third kappa shape index (κ3) is 4.63. The summed E-state index contributed by atoms with van der Waals surface area (Å²) in [4.78, 5) is 30.9. The van der Waals surface area contributed by atoms with Gasteiger partial charge in [-0.25, -0.2) is 8.42 Å². The number of hydrogen-bond acceptors (Lipinski definition) is 4. The first-order valence-corrected chi connectivity index (χ1v) is 13.4. The molecule has 9 heteroatoms. The number of benzene rings is 1. The molecule has 1 aromatic heterocycles. The van der Waals surface area contributed by atoms with E-state index in [0.717, 1.165) is 29.7 Å². The average molecular weight is 487 g/mol. The molecule has 0 unspecified atom stereocenters. The molecular weight excluding hydrogens is 452 g/mol. The minimum atomic E-state index is -3.87. The first-order valence-electron chi connectivity index (χ1n) is 12.0. The lowest BCUT2D eigenvalue weighted by Crippen LogP contribution is -2.42. The number of anilines is 1. The van der Waals surface area contributed by atoms with Crippen LogP contribution in [0.1, 0.15) is 58.6 Å². The first-order chi connectivity index (χ1) is 16.1. The number of aromatic amines is 1. The topological polar surface area (TPSA) is 103 Å². The summed E-state index contributed by atoms with van der Waals surface area (Å²) in [6.07, 6.45) is 2.75. The van der Waals surface area contributed by atoms with Crippen LogP contribution in [0.3, 0.4) is 0 Å². The smallest absolute Gasteiger partial charge is 0.257 e. The summed E-state index contributed by atoms with van der Waals surface area (Å²) in [5.41, 5.74) is 4.18. The molecule has 4 rings (SSSR count). The zero-order valence-electron chi connectivity index (χ0n) is 20.4. The molecule has 8 nitrogen and oxygen atoms in total. The van der Waals surface area contributed by atoms with Gasteiger partial charge in [-0.2, -0.15) is 4.31 Å². The van der Waals surface area contributed by atoms with Gasteiger partial charge in [-0.15, -0.1) is 0 Å². The molecule has 0 spiro atoms.